The first kappa shape index (κ1) is 15.0. The van der Waals surface area contributed by atoms with E-state index in [0.717, 1.165) is 5.56 Å². The third-order valence-electron chi connectivity index (χ3n) is 2.91. The number of nitrogens with zero attached hydrogens (tertiary/aromatic N) is 1. The van der Waals surface area contributed by atoms with Gasteiger partial charge in [0.15, 0.2) is 0 Å². The van der Waals surface area contributed by atoms with Crippen LogP contribution in [-0.2, 0) is 21.2 Å². The van der Waals surface area contributed by atoms with E-state index >= 15 is 0 Å². The van der Waals surface area contributed by atoms with E-state index in [1.807, 2.05) is 0 Å². The quantitative estimate of drug-likeness (QED) is 0.749. The topological polar surface area (TPSA) is 112 Å². The molecule has 0 aliphatic carbocycles. The lowest BCUT2D eigenvalue weighted by Crippen LogP contribution is -2.13. The number of aliphatic carboxylic acids is 1. The normalized spacial score (nSPS) is 11.3. The Morgan fingerprint density at radius 3 is 2.52 bits per heavy atom. The molecule has 0 saturated carbocycles. The second-order valence-corrected chi connectivity index (χ2v) is 6.21. The fourth-order valence-electron chi connectivity index (χ4n) is 1.81. The van der Waals surface area contributed by atoms with Crippen LogP contribution < -0.4 is 4.72 Å². The predicted molar refractivity (Wildman–Crippen MR) is 76.5 cm³/mol. The van der Waals surface area contributed by atoms with E-state index in [1.165, 1.54) is 6.20 Å². The lowest BCUT2D eigenvalue weighted by Gasteiger charge is -2.08. The summed E-state index contributed by atoms with van der Waals surface area (Å²) in [5.74, 6) is -0.866. The molecule has 0 fully saturated rings. The number of anilines is 1. The fraction of sp³-hybridized carbons (Fsp3) is 0.231. The molecule has 0 unspecified atom stereocenters. The molecule has 1 aromatic carbocycles. The van der Waals surface area contributed by atoms with Gasteiger partial charge in [-0.2, -0.15) is 5.10 Å². The molecule has 2 rings (SSSR count). The number of hydrogen-bond donors (Lipinski definition) is 3. The fourth-order valence-corrected chi connectivity index (χ4v) is 3.01. The van der Waals surface area contributed by atoms with Gasteiger partial charge in [0.1, 0.15) is 4.90 Å². The minimum absolute atomic E-state index is 0.0410. The second-order valence-electron chi connectivity index (χ2n) is 4.56. The van der Waals surface area contributed by atoms with E-state index in [0.29, 0.717) is 17.8 Å². The van der Waals surface area contributed by atoms with E-state index in [9.17, 15) is 13.2 Å². The number of hydrogen-bond acceptors (Lipinski definition) is 4. The molecule has 0 spiro atoms. The van der Waals surface area contributed by atoms with Crippen molar-refractivity contribution in [3.63, 3.8) is 0 Å². The molecule has 7 nitrogen and oxygen atoms in total. The molecule has 0 bridgehead atoms. The molecule has 8 heteroatoms. The molecule has 0 saturated heterocycles. The number of benzene rings is 1. The number of aryl methyl sites for hydroxylation is 2. The number of aromatic amines is 1. The van der Waals surface area contributed by atoms with Crippen molar-refractivity contribution >= 4 is 21.7 Å². The first-order valence-electron chi connectivity index (χ1n) is 6.22. The van der Waals surface area contributed by atoms with E-state index in [1.54, 1.807) is 31.2 Å². The van der Waals surface area contributed by atoms with Crippen LogP contribution in [0.1, 0.15) is 17.7 Å². The zero-order valence-corrected chi connectivity index (χ0v) is 12.1. The van der Waals surface area contributed by atoms with Gasteiger partial charge in [0.05, 0.1) is 11.9 Å². The van der Waals surface area contributed by atoms with E-state index in [4.69, 9.17) is 5.11 Å². The molecule has 3 N–H and O–H groups in total. The van der Waals surface area contributed by atoms with Crippen LogP contribution in [0.25, 0.3) is 0 Å². The third kappa shape index (κ3) is 3.82. The highest BCUT2D eigenvalue weighted by atomic mass is 32.2. The molecule has 0 amide bonds. The Morgan fingerprint density at radius 1 is 1.33 bits per heavy atom. The van der Waals surface area contributed by atoms with Crippen LogP contribution in [0, 0.1) is 6.92 Å². The van der Waals surface area contributed by atoms with Crippen molar-refractivity contribution < 1.29 is 18.3 Å². The summed E-state index contributed by atoms with van der Waals surface area (Å²) in [4.78, 5) is 10.6. The Kier molecular flexibility index (Phi) is 4.27. The number of nitrogens with one attached hydrogen (secondary N) is 2. The maximum Gasteiger partial charge on any atom is 0.303 e. The molecular weight excluding hydrogens is 294 g/mol. The Hall–Kier alpha value is -2.35. The first-order valence-corrected chi connectivity index (χ1v) is 7.70. The van der Waals surface area contributed by atoms with Crippen molar-refractivity contribution in [1.29, 1.82) is 0 Å². The summed E-state index contributed by atoms with van der Waals surface area (Å²) in [6.07, 6.45) is 1.70. The highest BCUT2D eigenvalue weighted by Gasteiger charge is 2.18. The van der Waals surface area contributed by atoms with Gasteiger partial charge in [-0.1, -0.05) is 12.1 Å². The van der Waals surface area contributed by atoms with E-state index in [-0.39, 0.29) is 11.3 Å². The highest BCUT2D eigenvalue weighted by Crippen LogP contribution is 2.18. The summed E-state index contributed by atoms with van der Waals surface area (Å²) < 4.78 is 26.7. The van der Waals surface area contributed by atoms with Crippen LogP contribution in [0.3, 0.4) is 0 Å². The summed E-state index contributed by atoms with van der Waals surface area (Å²) in [5.41, 5.74) is 1.70. The summed E-state index contributed by atoms with van der Waals surface area (Å²) in [7, 11) is -3.68. The summed E-state index contributed by atoms with van der Waals surface area (Å²) >= 11 is 0. The Morgan fingerprint density at radius 2 is 2.00 bits per heavy atom. The third-order valence-corrected chi connectivity index (χ3v) is 4.40. The van der Waals surface area contributed by atoms with Gasteiger partial charge in [-0.3, -0.25) is 14.6 Å². The number of carboxylic acid groups (broad SMARTS) is 1. The van der Waals surface area contributed by atoms with Crippen LogP contribution in [0.2, 0.25) is 0 Å². The Balaban J connectivity index is 2.10. The van der Waals surface area contributed by atoms with Crippen LogP contribution in [0.4, 0.5) is 5.69 Å². The molecule has 0 atom stereocenters. The summed E-state index contributed by atoms with van der Waals surface area (Å²) in [6.45, 7) is 1.62. The number of aromatic nitrogens is 2. The van der Waals surface area contributed by atoms with Crippen molar-refractivity contribution in [3.8, 4) is 0 Å². The van der Waals surface area contributed by atoms with Gasteiger partial charge in [0.25, 0.3) is 10.0 Å². The maximum absolute atomic E-state index is 12.1. The molecule has 1 aromatic heterocycles. The zero-order chi connectivity index (χ0) is 15.5. The van der Waals surface area contributed by atoms with Crippen LogP contribution in [0.5, 0.6) is 0 Å². The Bertz CT molecular complexity index is 735. The van der Waals surface area contributed by atoms with Crippen LogP contribution >= 0.6 is 0 Å². The van der Waals surface area contributed by atoms with Gasteiger partial charge in [-0.15, -0.1) is 0 Å². The lowest BCUT2D eigenvalue weighted by molar-refractivity contribution is -0.136. The standard InChI is InChI=1S/C13H15N3O4S/c1-9-12(8-14-15-9)21(19,20)16-11-5-2-10(3-6-11)4-7-13(17)18/h2-3,5-6,8,16H,4,7H2,1H3,(H,14,15)(H,17,18). The smallest absolute Gasteiger partial charge is 0.303 e. The molecule has 0 radical (unpaired) electrons. The predicted octanol–water partition coefficient (Wildman–Crippen LogP) is 1.54. The molecular formula is C13H15N3O4S. The Labute approximate surface area is 122 Å². The molecule has 1 heterocycles. The number of rotatable bonds is 6. The molecule has 2 aromatic rings. The van der Waals surface area contributed by atoms with Crippen molar-refractivity contribution in [2.75, 3.05) is 4.72 Å². The van der Waals surface area contributed by atoms with Crippen molar-refractivity contribution in [2.24, 2.45) is 0 Å². The van der Waals surface area contributed by atoms with E-state index in [2.05, 4.69) is 14.9 Å². The number of sulfonamides is 1. The van der Waals surface area contributed by atoms with Gasteiger partial charge in [-0.05, 0) is 31.0 Å². The molecule has 0 aliphatic rings. The average molecular weight is 309 g/mol. The van der Waals surface area contributed by atoms with Gasteiger partial charge >= 0.3 is 5.97 Å². The molecule has 112 valence electrons. The van der Waals surface area contributed by atoms with Gasteiger partial charge in [0.2, 0.25) is 0 Å². The lowest BCUT2D eigenvalue weighted by atomic mass is 10.1. The van der Waals surface area contributed by atoms with Crippen LogP contribution in [0.15, 0.2) is 35.4 Å². The van der Waals surface area contributed by atoms with Gasteiger partial charge in [-0.25, -0.2) is 8.42 Å². The largest absolute Gasteiger partial charge is 0.481 e. The van der Waals surface area contributed by atoms with Crippen molar-refractivity contribution in [3.05, 3.63) is 41.7 Å². The summed E-state index contributed by atoms with van der Waals surface area (Å²) in [5, 5.41) is 14.9. The minimum Gasteiger partial charge on any atom is -0.481 e. The second kappa shape index (κ2) is 5.96. The SMILES string of the molecule is Cc1[nH]ncc1S(=O)(=O)Nc1ccc(CCC(=O)O)cc1. The van der Waals surface area contributed by atoms with Gasteiger partial charge in [0, 0.05) is 12.1 Å². The van der Waals surface area contributed by atoms with E-state index < -0.39 is 16.0 Å². The first-order chi connectivity index (χ1) is 9.88. The number of carbonyl (C=O) groups is 1. The maximum atomic E-state index is 12.1. The minimum atomic E-state index is -3.68. The van der Waals surface area contributed by atoms with Crippen molar-refractivity contribution in [1.82, 2.24) is 10.2 Å². The highest BCUT2D eigenvalue weighted by molar-refractivity contribution is 7.92. The zero-order valence-electron chi connectivity index (χ0n) is 11.3. The number of H-pyrrole nitrogens is 1. The monoisotopic (exact) mass is 309 g/mol. The van der Waals surface area contributed by atoms with Gasteiger partial charge < -0.3 is 5.11 Å². The average Bonchev–Trinajstić information content (AvgIpc) is 2.84. The summed E-state index contributed by atoms with van der Waals surface area (Å²) in [6, 6.07) is 6.60. The molecule has 0 aliphatic heterocycles. The number of carboxylic acids is 1. The molecule has 21 heavy (non-hydrogen) atoms. The van der Waals surface area contributed by atoms with Crippen LogP contribution in [-0.4, -0.2) is 29.7 Å². The van der Waals surface area contributed by atoms with Crippen molar-refractivity contribution in [2.45, 2.75) is 24.7 Å².